The molecular weight excluding hydrogens is 334 g/mol. The summed E-state index contributed by atoms with van der Waals surface area (Å²) < 4.78 is 0. The average Bonchev–Trinajstić information content (AvgIpc) is 2.75. The number of pyridine rings is 1. The molecule has 1 amide bonds. The second kappa shape index (κ2) is 8.55. The molecule has 4 rings (SSSR count). The molecule has 0 N–H and O–H groups in total. The highest BCUT2D eigenvalue weighted by Crippen LogP contribution is 2.23. The van der Waals surface area contributed by atoms with Gasteiger partial charge in [-0.3, -0.25) is 4.79 Å². The molecule has 4 heteroatoms. The first-order valence-electron chi connectivity index (χ1n) is 10.3. The van der Waals surface area contributed by atoms with Crippen molar-refractivity contribution in [1.82, 2.24) is 9.88 Å². The van der Waals surface area contributed by atoms with E-state index in [1.54, 1.807) is 0 Å². The Bertz CT molecular complexity index is 730. The monoisotopic (exact) mass is 363 g/mol. The number of carbonyl (C=O) groups excluding carboxylic acids is 1. The largest absolute Gasteiger partial charge is 0.370 e. The highest BCUT2D eigenvalue weighted by atomic mass is 16.2. The van der Waals surface area contributed by atoms with Crippen LogP contribution < -0.4 is 4.90 Å². The van der Waals surface area contributed by atoms with Crippen molar-refractivity contribution in [3.05, 3.63) is 59.9 Å². The Morgan fingerprint density at radius 1 is 0.926 bits per heavy atom. The van der Waals surface area contributed by atoms with Gasteiger partial charge in [0.1, 0.15) is 5.69 Å². The molecular formula is C23H29N3O. The summed E-state index contributed by atoms with van der Waals surface area (Å²) in [4.78, 5) is 21.6. The highest BCUT2D eigenvalue weighted by molar-refractivity contribution is 5.92. The number of hydrogen-bond donors (Lipinski definition) is 0. The lowest BCUT2D eigenvalue weighted by Gasteiger charge is -2.32. The summed E-state index contributed by atoms with van der Waals surface area (Å²) in [6, 6.07) is 14.6. The third kappa shape index (κ3) is 4.49. The summed E-state index contributed by atoms with van der Waals surface area (Å²) in [6.45, 7) is 3.88. The zero-order valence-electron chi connectivity index (χ0n) is 16.0. The van der Waals surface area contributed by atoms with Crippen molar-refractivity contribution >= 4 is 11.6 Å². The van der Waals surface area contributed by atoms with Gasteiger partial charge in [0.05, 0.1) is 11.9 Å². The number of anilines is 1. The summed E-state index contributed by atoms with van der Waals surface area (Å²) in [6.07, 6.45) is 8.96. The maximum absolute atomic E-state index is 12.8. The van der Waals surface area contributed by atoms with Crippen LogP contribution in [0.25, 0.3) is 0 Å². The first kappa shape index (κ1) is 18.0. The summed E-state index contributed by atoms with van der Waals surface area (Å²) >= 11 is 0. The highest BCUT2D eigenvalue weighted by Gasteiger charge is 2.24. The molecule has 0 atom stereocenters. The summed E-state index contributed by atoms with van der Waals surface area (Å²) in [5.74, 6) is 0.754. The number of amides is 1. The zero-order valence-corrected chi connectivity index (χ0v) is 16.0. The Labute approximate surface area is 162 Å². The molecule has 0 bridgehead atoms. The number of piperidine rings is 2. The molecule has 4 nitrogen and oxygen atoms in total. The van der Waals surface area contributed by atoms with Gasteiger partial charge in [-0.1, -0.05) is 30.3 Å². The lowest BCUT2D eigenvalue weighted by molar-refractivity contribution is 0.0684. The minimum Gasteiger partial charge on any atom is -0.370 e. The van der Waals surface area contributed by atoms with E-state index < -0.39 is 0 Å². The number of aromatic nitrogens is 1. The number of hydrogen-bond acceptors (Lipinski definition) is 3. The maximum Gasteiger partial charge on any atom is 0.272 e. The van der Waals surface area contributed by atoms with Crippen molar-refractivity contribution in [2.75, 3.05) is 31.1 Å². The summed E-state index contributed by atoms with van der Waals surface area (Å²) in [5, 5.41) is 0. The molecule has 2 aliphatic heterocycles. The Morgan fingerprint density at radius 2 is 1.67 bits per heavy atom. The predicted molar refractivity (Wildman–Crippen MR) is 109 cm³/mol. The molecule has 2 saturated heterocycles. The van der Waals surface area contributed by atoms with Crippen molar-refractivity contribution < 1.29 is 4.79 Å². The van der Waals surface area contributed by atoms with Gasteiger partial charge in [0, 0.05) is 26.2 Å². The number of benzene rings is 1. The summed E-state index contributed by atoms with van der Waals surface area (Å²) in [7, 11) is 0. The second-order valence-electron chi connectivity index (χ2n) is 7.87. The maximum atomic E-state index is 12.8. The van der Waals surface area contributed by atoms with Gasteiger partial charge in [-0.25, -0.2) is 4.98 Å². The van der Waals surface area contributed by atoms with Crippen LogP contribution in [-0.2, 0) is 6.42 Å². The van der Waals surface area contributed by atoms with Gasteiger partial charge in [-0.2, -0.15) is 0 Å². The van der Waals surface area contributed by atoms with Crippen LogP contribution in [0.5, 0.6) is 0 Å². The van der Waals surface area contributed by atoms with Crippen LogP contribution in [0.1, 0.15) is 48.2 Å². The number of likely N-dealkylation sites (tertiary alicyclic amines) is 1. The zero-order chi connectivity index (χ0) is 18.5. The van der Waals surface area contributed by atoms with E-state index in [1.165, 1.54) is 24.8 Å². The topological polar surface area (TPSA) is 36.4 Å². The first-order valence-corrected chi connectivity index (χ1v) is 10.3. The van der Waals surface area contributed by atoms with Crippen molar-refractivity contribution in [1.29, 1.82) is 0 Å². The molecule has 0 saturated carbocycles. The molecule has 2 aliphatic rings. The molecule has 0 radical (unpaired) electrons. The Balaban J connectivity index is 1.31. The van der Waals surface area contributed by atoms with Crippen LogP contribution in [0, 0.1) is 5.92 Å². The van der Waals surface area contributed by atoms with Crippen LogP contribution in [0.3, 0.4) is 0 Å². The van der Waals surface area contributed by atoms with Gasteiger partial charge in [-0.15, -0.1) is 0 Å². The second-order valence-corrected chi connectivity index (χ2v) is 7.87. The third-order valence-corrected chi connectivity index (χ3v) is 5.96. The average molecular weight is 364 g/mol. The first-order chi connectivity index (χ1) is 13.3. The lowest BCUT2D eigenvalue weighted by atomic mass is 9.90. The quantitative estimate of drug-likeness (QED) is 0.818. The van der Waals surface area contributed by atoms with E-state index in [0.717, 1.165) is 51.1 Å². The molecule has 1 aromatic carbocycles. The SMILES string of the molecule is O=C(c1ccc(N2CCCCC2)cn1)N1CCC(Cc2ccccc2)CC1. The smallest absolute Gasteiger partial charge is 0.272 e. The van der Waals surface area contributed by atoms with E-state index in [2.05, 4.69) is 46.3 Å². The Hall–Kier alpha value is -2.36. The molecule has 0 aliphatic carbocycles. The lowest BCUT2D eigenvalue weighted by Crippen LogP contribution is -2.39. The van der Waals surface area contributed by atoms with Gasteiger partial charge in [-0.05, 0) is 62.1 Å². The van der Waals surface area contributed by atoms with Crippen LogP contribution in [-0.4, -0.2) is 42.0 Å². The van der Waals surface area contributed by atoms with Gasteiger partial charge >= 0.3 is 0 Å². The van der Waals surface area contributed by atoms with Crippen LogP contribution in [0.2, 0.25) is 0 Å². The van der Waals surface area contributed by atoms with Crippen LogP contribution in [0.15, 0.2) is 48.7 Å². The number of carbonyl (C=O) groups is 1. The van der Waals surface area contributed by atoms with E-state index in [-0.39, 0.29) is 5.91 Å². The molecule has 2 aromatic rings. The Morgan fingerprint density at radius 3 is 2.33 bits per heavy atom. The van der Waals surface area contributed by atoms with Crippen molar-refractivity contribution in [3.63, 3.8) is 0 Å². The predicted octanol–water partition coefficient (Wildman–Crippen LogP) is 4.17. The molecule has 0 spiro atoms. The fraction of sp³-hybridized carbons (Fsp3) is 0.478. The normalized spacial score (nSPS) is 18.5. The molecule has 2 fully saturated rings. The summed E-state index contributed by atoms with van der Waals surface area (Å²) in [5.41, 5.74) is 3.13. The van der Waals surface area contributed by atoms with Gasteiger partial charge in [0.2, 0.25) is 0 Å². The van der Waals surface area contributed by atoms with E-state index >= 15 is 0 Å². The van der Waals surface area contributed by atoms with Crippen LogP contribution >= 0.6 is 0 Å². The minimum absolute atomic E-state index is 0.0818. The van der Waals surface area contributed by atoms with Crippen molar-refractivity contribution in [2.24, 2.45) is 5.92 Å². The fourth-order valence-electron chi connectivity index (χ4n) is 4.30. The molecule has 142 valence electrons. The molecule has 27 heavy (non-hydrogen) atoms. The van der Waals surface area contributed by atoms with Gasteiger partial charge in [0.15, 0.2) is 0 Å². The standard InChI is InChI=1S/C23H29N3O/c27-23(22-10-9-21(18-24-22)25-13-5-2-6-14-25)26-15-11-20(12-16-26)17-19-7-3-1-4-8-19/h1,3-4,7-10,18,20H,2,5-6,11-17H2. The number of nitrogens with zero attached hydrogens (tertiary/aromatic N) is 3. The van der Waals surface area contributed by atoms with Crippen molar-refractivity contribution in [3.8, 4) is 0 Å². The molecule has 1 aromatic heterocycles. The van der Waals surface area contributed by atoms with Crippen molar-refractivity contribution in [2.45, 2.75) is 38.5 Å². The van der Waals surface area contributed by atoms with E-state index in [1.807, 2.05) is 17.2 Å². The molecule has 0 unspecified atom stereocenters. The molecule has 3 heterocycles. The third-order valence-electron chi connectivity index (χ3n) is 5.96. The van der Waals surface area contributed by atoms with Gasteiger partial charge in [0.25, 0.3) is 5.91 Å². The van der Waals surface area contributed by atoms with E-state index in [4.69, 9.17) is 0 Å². The van der Waals surface area contributed by atoms with E-state index in [0.29, 0.717) is 11.6 Å². The van der Waals surface area contributed by atoms with Crippen LogP contribution in [0.4, 0.5) is 5.69 Å². The van der Waals surface area contributed by atoms with Gasteiger partial charge < -0.3 is 9.80 Å². The number of rotatable bonds is 4. The fourth-order valence-corrected chi connectivity index (χ4v) is 4.30. The van der Waals surface area contributed by atoms with E-state index in [9.17, 15) is 4.79 Å². The Kier molecular flexibility index (Phi) is 5.71. The minimum atomic E-state index is 0.0818.